The third-order valence-electron chi connectivity index (χ3n) is 4.31. The average molecular weight is 239 g/mol. The number of carbonyl (C=O) groups is 2. The van der Waals surface area contributed by atoms with Crippen molar-refractivity contribution in [2.45, 2.75) is 45.6 Å². The molecule has 2 rings (SSSR count). The molecule has 2 aliphatic carbocycles. The second kappa shape index (κ2) is 4.67. The van der Waals surface area contributed by atoms with Gasteiger partial charge in [-0.25, -0.2) is 4.79 Å². The van der Waals surface area contributed by atoms with Gasteiger partial charge in [0.05, 0.1) is 0 Å². The van der Waals surface area contributed by atoms with Gasteiger partial charge in [-0.1, -0.05) is 20.3 Å². The van der Waals surface area contributed by atoms with Crippen molar-refractivity contribution in [3.63, 3.8) is 0 Å². The van der Waals surface area contributed by atoms with E-state index in [1.807, 2.05) is 13.8 Å². The summed E-state index contributed by atoms with van der Waals surface area (Å²) < 4.78 is 0. The van der Waals surface area contributed by atoms with Crippen LogP contribution in [0.4, 0.5) is 0 Å². The summed E-state index contributed by atoms with van der Waals surface area (Å²) in [4.78, 5) is 23.1. The number of carboxylic acids is 1. The number of nitrogens with one attached hydrogen (secondary N) is 1. The van der Waals surface area contributed by atoms with E-state index in [4.69, 9.17) is 5.11 Å². The monoisotopic (exact) mass is 239 g/mol. The van der Waals surface area contributed by atoms with Gasteiger partial charge in [-0.3, -0.25) is 4.79 Å². The molecule has 2 bridgehead atoms. The molecule has 0 radical (unpaired) electrons. The zero-order valence-corrected chi connectivity index (χ0v) is 10.5. The Morgan fingerprint density at radius 2 is 1.94 bits per heavy atom. The van der Waals surface area contributed by atoms with E-state index in [-0.39, 0.29) is 17.7 Å². The van der Waals surface area contributed by atoms with Crippen molar-refractivity contribution in [1.29, 1.82) is 0 Å². The van der Waals surface area contributed by atoms with Crippen molar-refractivity contribution < 1.29 is 14.7 Å². The summed E-state index contributed by atoms with van der Waals surface area (Å²) >= 11 is 0. The van der Waals surface area contributed by atoms with Gasteiger partial charge in [0, 0.05) is 5.92 Å². The van der Waals surface area contributed by atoms with Crippen LogP contribution in [0.15, 0.2) is 0 Å². The fraction of sp³-hybridized carbons (Fsp3) is 0.846. The van der Waals surface area contributed by atoms with E-state index >= 15 is 0 Å². The third kappa shape index (κ3) is 2.45. The van der Waals surface area contributed by atoms with Gasteiger partial charge >= 0.3 is 5.97 Å². The molecule has 0 saturated heterocycles. The van der Waals surface area contributed by atoms with Crippen molar-refractivity contribution in [3.05, 3.63) is 0 Å². The summed E-state index contributed by atoms with van der Waals surface area (Å²) in [6.07, 6.45) is 4.52. The first kappa shape index (κ1) is 12.4. The average Bonchev–Trinajstić information content (AvgIpc) is 2.85. The molecular formula is C13H21NO3. The Bertz CT molecular complexity index is 327. The summed E-state index contributed by atoms with van der Waals surface area (Å²) in [7, 11) is 0. The van der Waals surface area contributed by atoms with Crippen LogP contribution >= 0.6 is 0 Å². The van der Waals surface area contributed by atoms with Crippen molar-refractivity contribution >= 4 is 11.9 Å². The van der Waals surface area contributed by atoms with E-state index < -0.39 is 12.0 Å². The minimum atomic E-state index is -0.934. The number of fused-ring (bicyclic) bond motifs is 2. The molecule has 0 aromatic carbocycles. The highest BCUT2D eigenvalue weighted by Gasteiger charge is 2.43. The smallest absolute Gasteiger partial charge is 0.326 e. The Morgan fingerprint density at radius 1 is 1.24 bits per heavy atom. The second-order valence-corrected chi connectivity index (χ2v) is 5.85. The van der Waals surface area contributed by atoms with Crippen LogP contribution in [0.2, 0.25) is 0 Å². The Hall–Kier alpha value is -1.06. The molecule has 3 unspecified atom stereocenters. The Labute approximate surface area is 102 Å². The molecule has 0 aromatic heterocycles. The SMILES string of the molecule is CC(C)[C@H](NC(=O)C1CC2CCC1C2)C(=O)O. The molecule has 0 spiro atoms. The van der Waals surface area contributed by atoms with E-state index in [1.54, 1.807) is 0 Å². The molecule has 1 amide bonds. The molecule has 4 atom stereocenters. The number of aliphatic carboxylic acids is 1. The second-order valence-electron chi connectivity index (χ2n) is 5.85. The molecule has 2 fully saturated rings. The summed E-state index contributed by atoms with van der Waals surface area (Å²) in [6.45, 7) is 3.64. The lowest BCUT2D eigenvalue weighted by Crippen LogP contribution is -2.47. The number of amides is 1. The maximum Gasteiger partial charge on any atom is 0.326 e. The zero-order valence-electron chi connectivity index (χ0n) is 10.5. The van der Waals surface area contributed by atoms with Gasteiger partial charge in [-0.2, -0.15) is 0 Å². The molecule has 4 nitrogen and oxygen atoms in total. The number of hydrogen-bond acceptors (Lipinski definition) is 2. The first-order chi connectivity index (χ1) is 7.99. The molecule has 2 saturated carbocycles. The predicted octanol–water partition coefficient (Wildman–Crippen LogP) is 1.65. The van der Waals surface area contributed by atoms with Crippen LogP contribution in [0.3, 0.4) is 0 Å². The standard InChI is InChI=1S/C13H21NO3/c1-7(2)11(13(16)17)14-12(15)10-6-8-3-4-9(10)5-8/h7-11H,3-6H2,1-2H3,(H,14,15)(H,16,17)/t8?,9?,10?,11-/m0/s1. The molecule has 96 valence electrons. The maximum absolute atomic E-state index is 12.1. The molecule has 4 heteroatoms. The van der Waals surface area contributed by atoms with Gasteiger partial charge < -0.3 is 10.4 Å². The molecule has 0 aromatic rings. The lowest BCUT2D eigenvalue weighted by atomic mass is 9.87. The van der Waals surface area contributed by atoms with Crippen LogP contribution in [0.1, 0.15) is 39.5 Å². The van der Waals surface area contributed by atoms with Gasteiger partial charge in [0.15, 0.2) is 0 Å². The topological polar surface area (TPSA) is 66.4 Å². The van der Waals surface area contributed by atoms with Gasteiger partial charge in [0.2, 0.25) is 5.91 Å². The van der Waals surface area contributed by atoms with E-state index in [0.29, 0.717) is 11.8 Å². The van der Waals surface area contributed by atoms with Crippen LogP contribution < -0.4 is 5.32 Å². The van der Waals surface area contributed by atoms with Gasteiger partial charge in [0.25, 0.3) is 0 Å². The Kier molecular flexibility index (Phi) is 3.40. The predicted molar refractivity (Wildman–Crippen MR) is 63.3 cm³/mol. The number of carbonyl (C=O) groups excluding carboxylic acids is 1. The summed E-state index contributed by atoms with van der Waals surface area (Å²) in [5, 5.41) is 11.8. The molecule has 2 N–H and O–H groups in total. The molecular weight excluding hydrogens is 218 g/mol. The van der Waals surface area contributed by atoms with Crippen LogP contribution in [0, 0.1) is 23.7 Å². The van der Waals surface area contributed by atoms with Crippen molar-refractivity contribution in [2.75, 3.05) is 0 Å². The van der Waals surface area contributed by atoms with Gasteiger partial charge in [-0.05, 0) is 37.0 Å². The Balaban J connectivity index is 1.94. The van der Waals surface area contributed by atoms with Crippen LogP contribution in [-0.2, 0) is 9.59 Å². The van der Waals surface area contributed by atoms with Gasteiger partial charge in [0.1, 0.15) is 6.04 Å². The highest BCUT2D eigenvalue weighted by molar-refractivity contribution is 5.85. The van der Waals surface area contributed by atoms with E-state index in [9.17, 15) is 9.59 Å². The number of rotatable bonds is 4. The van der Waals surface area contributed by atoms with Crippen molar-refractivity contribution in [3.8, 4) is 0 Å². The fourth-order valence-corrected chi connectivity index (χ4v) is 3.34. The first-order valence-corrected chi connectivity index (χ1v) is 6.52. The Morgan fingerprint density at radius 3 is 2.35 bits per heavy atom. The van der Waals surface area contributed by atoms with E-state index in [1.165, 1.54) is 6.42 Å². The number of hydrogen-bond donors (Lipinski definition) is 2. The van der Waals surface area contributed by atoms with Gasteiger partial charge in [-0.15, -0.1) is 0 Å². The fourth-order valence-electron chi connectivity index (χ4n) is 3.34. The summed E-state index contributed by atoms with van der Waals surface area (Å²) in [5.41, 5.74) is 0. The lowest BCUT2D eigenvalue weighted by molar-refractivity contribution is -0.144. The van der Waals surface area contributed by atoms with E-state index in [0.717, 1.165) is 19.3 Å². The minimum absolute atomic E-state index is 0.0432. The summed E-state index contributed by atoms with van der Waals surface area (Å²) in [5.74, 6) is 0.221. The highest BCUT2D eigenvalue weighted by atomic mass is 16.4. The minimum Gasteiger partial charge on any atom is -0.480 e. The van der Waals surface area contributed by atoms with Crippen LogP contribution in [0.5, 0.6) is 0 Å². The summed E-state index contributed by atoms with van der Waals surface area (Å²) in [6, 6.07) is -0.748. The molecule has 17 heavy (non-hydrogen) atoms. The van der Waals surface area contributed by atoms with E-state index in [2.05, 4.69) is 5.32 Å². The lowest BCUT2D eigenvalue weighted by Gasteiger charge is -2.24. The molecule has 2 aliphatic rings. The van der Waals surface area contributed by atoms with Crippen molar-refractivity contribution in [1.82, 2.24) is 5.32 Å². The zero-order chi connectivity index (χ0) is 12.6. The highest BCUT2D eigenvalue weighted by Crippen LogP contribution is 2.48. The number of carboxylic acid groups (broad SMARTS) is 1. The van der Waals surface area contributed by atoms with Crippen LogP contribution in [-0.4, -0.2) is 23.0 Å². The van der Waals surface area contributed by atoms with Crippen molar-refractivity contribution in [2.24, 2.45) is 23.7 Å². The molecule has 0 heterocycles. The largest absolute Gasteiger partial charge is 0.480 e. The third-order valence-corrected chi connectivity index (χ3v) is 4.31. The first-order valence-electron chi connectivity index (χ1n) is 6.52. The molecule has 0 aliphatic heterocycles. The maximum atomic E-state index is 12.1. The quantitative estimate of drug-likeness (QED) is 0.784. The van der Waals surface area contributed by atoms with Crippen LogP contribution in [0.25, 0.3) is 0 Å². The normalized spacial score (nSPS) is 32.8.